The highest BCUT2D eigenvalue weighted by Crippen LogP contribution is 2.21. The number of likely N-dealkylation sites (tertiary alicyclic amines) is 1. The highest BCUT2D eigenvalue weighted by atomic mass is 16.1. The van der Waals surface area contributed by atoms with Gasteiger partial charge in [-0.3, -0.25) is 4.79 Å². The molecular formula is C15H21NO. The number of carbonyl (C=O) groups is 1. The molecule has 1 aliphatic rings. The average molecular weight is 231 g/mol. The van der Waals surface area contributed by atoms with Crippen molar-refractivity contribution in [1.82, 2.24) is 4.90 Å². The van der Waals surface area contributed by atoms with Gasteiger partial charge in [0, 0.05) is 5.56 Å². The fraction of sp³-hybridized carbons (Fsp3) is 0.533. The number of Topliss-reactive ketones (excluding diaryl/α,β-unsaturated/α-hetero) is 1. The zero-order valence-electron chi connectivity index (χ0n) is 10.8. The number of hydrogen-bond acceptors (Lipinski definition) is 2. The van der Waals surface area contributed by atoms with Crippen LogP contribution < -0.4 is 0 Å². The lowest BCUT2D eigenvalue weighted by atomic mass is 9.90. The molecule has 1 aromatic carbocycles. The summed E-state index contributed by atoms with van der Waals surface area (Å²) in [4.78, 5) is 13.6. The van der Waals surface area contributed by atoms with Crippen molar-refractivity contribution in [1.29, 1.82) is 0 Å². The van der Waals surface area contributed by atoms with Gasteiger partial charge in [-0.15, -0.1) is 0 Å². The van der Waals surface area contributed by atoms with E-state index in [4.69, 9.17) is 0 Å². The Morgan fingerprint density at radius 2 is 1.82 bits per heavy atom. The molecule has 1 heterocycles. The molecule has 1 saturated heterocycles. The van der Waals surface area contributed by atoms with Gasteiger partial charge in [-0.05, 0) is 57.8 Å². The third-order valence-corrected chi connectivity index (χ3v) is 3.72. The first-order chi connectivity index (χ1) is 8.15. The van der Waals surface area contributed by atoms with Gasteiger partial charge in [0.1, 0.15) is 0 Å². The van der Waals surface area contributed by atoms with Crippen LogP contribution in [0.2, 0.25) is 0 Å². The lowest BCUT2D eigenvalue weighted by Crippen LogP contribution is -2.30. The van der Waals surface area contributed by atoms with Crippen molar-refractivity contribution in [2.24, 2.45) is 5.92 Å². The molecule has 0 spiro atoms. The molecular weight excluding hydrogens is 210 g/mol. The smallest absolute Gasteiger partial charge is 0.159 e. The van der Waals surface area contributed by atoms with Gasteiger partial charge in [-0.2, -0.15) is 0 Å². The van der Waals surface area contributed by atoms with Crippen LogP contribution in [-0.2, 0) is 6.42 Å². The van der Waals surface area contributed by atoms with Crippen LogP contribution in [0.4, 0.5) is 0 Å². The monoisotopic (exact) mass is 231 g/mol. The number of hydrogen-bond donors (Lipinski definition) is 0. The second-order valence-corrected chi connectivity index (χ2v) is 5.20. The second kappa shape index (κ2) is 5.46. The van der Waals surface area contributed by atoms with E-state index in [-0.39, 0.29) is 5.78 Å². The molecule has 1 aliphatic heterocycles. The van der Waals surface area contributed by atoms with E-state index in [1.54, 1.807) is 6.92 Å². The van der Waals surface area contributed by atoms with Crippen molar-refractivity contribution < 1.29 is 4.79 Å². The molecule has 0 amide bonds. The summed E-state index contributed by atoms with van der Waals surface area (Å²) in [6.45, 7) is 4.05. The van der Waals surface area contributed by atoms with Crippen LogP contribution in [0.15, 0.2) is 24.3 Å². The van der Waals surface area contributed by atoms with E-state index in [0.717, 1.165) is 17.9 Å². The van der Waals surface area contributed by atoms with Crippen molar-refractivity contribution >= 4 is 5.78 Å². The molecule has 0 atom stereocenters. The Labute approximate surface area is 104 Å². The highest BCUT2D eigenvalue weighted by molar-refractivity contribution is 5.93. The van der Waals surface area contributed by atoms with Gasteiger partial charge in [-0.25, -0.2) is 0 Å². The van der Waals surface area contributed by atoms with Gasteiger partial charge in [-0.1, -0.05) is 24.3 Å². The van der Waals surface area contributed by atoms with Crippen LogP contribution in [0.1, 0.15) is 35.7 Å². The topological polar surface area (TPSA) is 20.3 Å². The van der Waals surface area contributed by atoms with E-state index in [9.17, 15) is 4.79 Å². The number of piperidine rings is 1. The zero-order valence-corrected chi connectivity index (χ0v) is 10.8. The van der Waals surface area contributed by atoms with Crippen LogP contribution in [0.3, 0.4) is 0 Å². The molecule has 17 heavy (non-hydrogen) atoms. The lowest BCUT2D eigenvalue weighted by molar-refractivity contribution is 0.101. The van der Waals surface area contributed by atoms with Gasteiger partial charge in [0.2, 0.25) is 0 Å². The number of nitrogens with zero attached hydrogens (tertiary/aromatic N) is 1. The van der Waals surface area contributed by atoms with Crippen LogP contribution >= 0.6 is 0 Å². The summed E-state index contributed by atoms with van der Waals surface area (Å²) in [5.41, 5.74) is 2.18. The summed E-state index contributed by atoms with van der Waals surface area (Å²) in [5, 5.41) is 0. The molecule has 0 radical (unpaired) electrons. The summed E-state index contributed by atoms with van der Waals surface area (Å²) < 4.78 is 0. The first kappa shape index (κ1) is 12.3. The van der Waals surface area contributed by atoms with Crippen LogP contribution in [0, 0.1) is 5.92 Å². The van der Waals surface area contributed by atoms with Crippen LogP contribution in [0.5, 0.6) is 0 Å². The fourth-order valence-electron chi connectivity index (χ4n) is 2.48. The van der Waals surface area contributed by atoms with Gasteiger partial charge >= 0.3 is 0 Å². The van der Waals surface area contributed by atoms with Crippen LogP contribution in [-0.4, -0.2) is 30.8 Å². The number of benzene rings is 1. The van der Waals surface area contributed by atoms with E-state index in [2.05, 4.69) is 24.1 Å². The molecule has 2 nitrogen and oxygen atoms in total. The largest absolute Gasteiger partial charge is 0.306 e. The first-order valence-electron chi connectivity index (χ1n) is 6.43. The second-order valence-electron chi connectivity index (χ2n) is 5.20. The Morgan fingerprint density at radius 1 is 1.24 bits per heavy atom. The minimum Gasteiger partial charge on any atom is -0.306 e. The number of rotatable bonds is 3. The van der Waals surface area contributed by atoms with Crippen LogP contribution in [0.25, 0.3) is 0 Å². The quantitative estimate of drug-likeness (QED) is 0.746. The minimum absolute atomic E-state index is 0.149. The summed E-state index contributed by atoms with van der Waals surface area (Å²) in [6.07, 6.45) is 3.75. The van der Waals surface area contributed by atoms with Crippen molar-refractivity contribution in [3.8, 4) is 0 Å². The molecule has 0 aliphatic carbocycles. The predicted molar refractivity (Wildman–Crippen MR) is 70.4 cm³/mol. The summed E-state index contributed by atoms with van der Waals surface area (Å²) in [7, 11) is 2.19. The Kier molecular flexibility index (Phi) is 3.95. The maximum absolute atomic E-state index is 11.2. The standard InChI is InChI=1S/C15H21NO/c1-12(17)15-5-3-13(4-6-15)11-14-7-9-16(2)10-8-14/h3-6,14H,7-11H2,1-2H3. The Morgan fingerprint density at radius 3 is 2.35 bits per heavy atom. The predicted octanol–water partition coefficient (Wildman–Crippen LogP) is 2.77. The minimum atomic E-state index is 0.149. The van der Waals surface area contributed by atoms with E-state index in [1.807, 2.05) is 12.1 Å². The normalized spacial score (nSPS) is 18.2. The third-order valence-electron chi connectivity index (χ3n) is 3.72. The van der Waals surface area contributed by atoms with Crippen molar-refractivity contribution in [2.45, 2.75) is 26.2 Å². The lowest BCUT2D eigenvalue weighted by Gasteiger charge is -2.28. The highest BCUT2D eigenvalue weighted by Gasteiger charge is 2.16. The molecule has 0 aromatic heterocycles. The molecule has 0 unspecified atom stereocenters. The Hall–Kier alpha value is -1.15. The first-order valence-corrected chi connectivity index (χ1v) is 6.43. The number of ketones is 1. The van der Waals surface area contributed by atoms with Crippen molar-refractivity contribution in [3.63, 3.8) is 0 Å². The Bertz CT molecular complexity index is 374. The van der Waals surface area contributed by atoms with Crippen molar-refractivity contribution in [3.05, 3.63) is 35.4 Å². The summed E-state index contributed by atoms with van der Waals surface area (Å²) in [6, 6.07) is 8.11. The average Bonchev–Trinajstić information content (AvgIpc) is 2.33. The Balaban J connectivity index is 1.92. The van der Waals surface area contributed by atoms with Gasteiger partial charge in [0.25, 0.3) is 0 Å². The summed E-state index contributed by atoms with van der Waals surface area (Å²) in [5.74, 6) is 0.963. The molecule has 0 N–H and O–H groups in total. The molecule has 2 rings (SSSR count). The van der Waals surface area contributed by atoms with E-state index < -0.39 is 0 Å². The van der Waals surface area contributed by atoms with Gasteiger partial charge in [0.05, 0.1) is 0 Å². The maximum Gasteiger partial charge on any atom is 0.159 e. The van der Waals surface area contributed by atoms with E-state index in [1.165, 1.54) is 31.5 Å². The summed E-state index contributed by atoms with van der Waals surface area (Å²) >= 11 is 0. The SMILES string of the molecule is CC(=O)c1ccc(CC2CCN(C)CC2)cc1. The fourth-order valence-corrected chi connectivity index (χ4v) is 2.48. The van der Waals surface area contributed by atoms with Gasteiger partial charge in [0.15, 0.2) is 5.78 Å². The zero-order chi connectivity index (χ0) is 12.3. The maximum atomic E-state index is 11.2. The number of carbonyl (C=O) groups excluding carboxylic acids is 1. The van der Waals surface area contributed by atoms with E-state index in [0.29, 0.717) is 0 Å². The molecule has 0 bridgehead atoms. The third kappa shape index (κ3) is 3.40. The van der Waals surface area contributed by atoms with Crippen molar-refractivity contribution in [2.75, 3.05) is 20.1 Å². The molecule has 1 fully saturated rings. The van der Waals surface area contributed by atoms with E-state index >= 15 is 0 Å². The molecule has 1 aromatic rings. The van der Waals surface area contributed by atoms with Gasteiger partial charge < -0.3 is 4.90 Å². The molecule has 2 heteroatoms. The molecule has 0 saturated carbocycles. The molecule has 92 valence electrons.